The zero-order valence-electron chi connectivity index (χ0n) is 29.5. The van der Waals surface area contributed by atoms with E-state index in [0.717, 1.165) is 77.0 Å². The summed E-state index contributed by atoms with van der Waals surface area (Å²) >= 11 is 0. The normalized spacial score (nSPS) is 5.10. The van der Waals surface area contributed by atoms with Crippen molar-refractivity contribution in [3.05, 3.63) is 111 Å². The van der Waals surface area contributed by atoms with Gasteiger partial charge in [0.2, 0.25) is 0 Å². The molecule has 0 bridgehead atoms. The van der Waals surface area contributed by atoms with Gasteiger partial charge in [0.15, 0.2) is 0 Å². The Morgan fingerprint density at radius 3 is 0.200 bits per heavy atom. The third-order valence-electron chi connectivity index (χ3n) is 1.50. The summed E-state index contributed by atoms with van der Waals surface area (Å²) in [7, 11) is 0. The van der Waals surface area contributed by atoms with Crippen molar-refractivity contribution in [2.75, 3.05) is 0 Å². The molecule has 8 heteroatoms. The zero-order chi connectivity index (χ0) is 28.5. The first-order chi connectivity index (χ1) is 15.5. The summed E-state index contributed by atoms with van der Waals surface area (Å²) in [5, 5.41) is 0. The molecule has 0 aliphatic heterocycles. The number of rotatable bonds is 6. The average Bonchev–Trinajstić information content (AvgIpc) is 2.93. The van der Waals surface area contributed by atoms with E-state index in [4.69, 9.17) is 0 Å². The van der Waals surface area contributed by atoms with E-state index < -0.39 is 0 Å². The summed E-state index contributed by atoms with van der Waals surface area (Å²) in [6.45, 7) is 62.5. The second-order valence-corrected chi connectivity index (χ2v) is 4.24. The molecule has 0 nitrogen and oxygen atoms in total. The summed E-state index contributed by atoms with van der Waals surface area (Å²) in [5.41, 5.74) is 0. The molecule has 0 fully saturated rings. The Morgan fingerprint density at radius 2 is 0.200 bits per heavy atom. The van der Waals surface area contributed by atoms with Gasteiger partial charge < -0.3 is 111 Å². The van der Waals surface area contributed by atoms with Crippen molar-refractivity contribution < 1.29 is 156 Å². The Labute approximate surface area is 366 Å². The first-order valence-corrected chi connectivity index (χ1v) is 11.8. The molecule has 0 amide bonds. The van der Waals surface area contributed by atoms with Crippen LogP contribution in [-0.4, -0.2) is 0 Å². The molecule has 0 unspecified atom stereocenters. The van der Waals surface area contributed by atoms with Gasteiger partial charge in [-0.25, -0.2) is 77.0 Å². The topological polar surface area (TPSA) is 0 Å². The predicted molar refractivity (Wildman–Crippen MR) is 164 cm³/mol. The molecule has 0 saturated carbocycles. The fraction of sp³-hybridized carbons (Fsp3) is 0.500. The fourth-order valence-corrected chi connectivity index (χ4v) is 0. The van der Waals surface area contributed by atoms with Crippen LogP contribution in [0.5, 0.6) is 0 Å². The Balaban J connectivity index is -0.00000000832. The molecule has 0 saturated heterocycles. The first kappa shape index (κ1) is 120. The van der Waals surface area contributed by atoms with Gasteiger partial charge in [0, 0.05) is 0 Å². The van der Waals surface area contributed by atoms with E-state index in [0.29, 0.717) is 0 Å². The first-order valence-electron chi connectivity index (χ1n) is 11.8. The smallest absolute Gasteiger partial charge is 0.346 e. The van der Waals surface area contributed by atoms with Gasteiger partial charge in [-0.05, 0) is 0 Å². The van der Waals surface area contributed by atoms with E-state index in [-0.39, 0.29) is 156 Å². The summed E-state index contributed by atoms with van der Waals surface area (Å²) in [6.07, 6.45) is 11.5. The third kappa shape index (κ3) is 628. The molecule has 0 spiro atoms. The van der Waals surface area contributed by atoms with E-state index in [1.165, 1.54) is 0 Å². The van der Waals surface area contributed by atoms with Crippen molar-refractivity contribution in [3.63, 3.8) is 0 Å². The Hall–Kier alpha value is 4.99. The molecule has 0 aliphatic carbocycles. The third-order valence-corrected chi connectivity index (χ3v) is 1.50. The second kappa shape index (κ2) is 282. The quantitative estimate of drug-likeness (QED) is 0.184. The Kier molecular flexibility index (Phi) is 842. The van der Waals surface area contributed by atoms with E-state index in [2.05, 4.69) is 111 Å². The minimum Gasteiger partial charge on any atom is -0.346 e. The molecule has 212 valence electrons. The van der Waals surface area contributed by atoms with Crippen LogP contribution in [0, 0.1) is 111 Å². The molecule has 0 aliphatic rings. The molecular weight excluding hydrogens is 907 g/mol. The molecule has 0 atom stereocenters. The maximum atomic E-state index is 3.54. The van der Waals surface area contributed by atoms with Crippen molar-refractivity contribution in [2.45, 2.75) is 105 Å². The minimum atomic E-state index is 0. The molecule has 0 aromatic heterocycles. The molecule has 0 rings (SSSR count). The van der Waals surface area contributed by atoms with E-state index in [1.807, 2.05) is 0 Å². The van der Waals surface area contributed by atoms with Crippen molar-refractivity contribution in [1.29, 1.82) is 0 Å². The minimum absolute atomic E-state index is 0. The molecule has 0 N–H and O–H groups in total. The van der Waals surface area contributed by atoms with Crippen LogP contribution >= 0.6 is 0 Å². The van der Waals surface area contributed by atoms with Crippen LogP contribution in [0.4, 0.5) is 0 Å². The van der Waals surface area contributed by atoms with E-state index in [1.54, 1.807) is 27.7 Å². The summed E-state index contributed by atoms with van der Waals surface area (Å²) in [6, 6.07) is 0. The van der Waals surface area contributed by atoms with Crippen molar-refractivity contribution in [2.24, 2.45) is 0 Å². The summed E-state index contributed by atoms with van der Waals surface area (Å²) in [4.78, 5) is 0. The number of unbranched alkanes of at least 4 members (excludes halogenated alkanes) is 6. The number of hydrogen-bond acceptors (Lipinski definition) is 0. The molecule has 40 heavy (non-hydrogen) atoms. The van der Waals surface area contributed by atoms with Gasteiger partial charge in [0.25, 0.3) is 0 Å². The number of hydrogen-bond donors (Lipinski definition) is 0. The van der Waals surface area contributed by atoms with E-state index in [9.17, 15) is 0 Å². The van der Waals surface area contributed by atoms with Crippen LogP contribution in [0.3, 0.4) is 0 Å². The maximum Gasteiger partial charge on any atom is 2.00 e. The maximum absolute atomic E-state index is 3.54. The van der Waals surface area contributed by atoms with Gasteiger partial charge in [-0.3, -0.25) is 0 Å². The molecule has 0 aromatic rings. The standard InChI is InChI=1S/6C4H8.4C2H5.8Zn/c6*1-3-4-2;4*1-2;;;;;;;;/h6*1-4H2;4*1H2,2H3;;;;;;;;/q6*-2;4*-1;8*+2. The molecule has 0 radical (unpaired) electrons. The second-order valence-electron chi connectivity index (χ2n) is 4.24. The van der Waals surface area contributed by atoms with Gasteiger partial charge in [0.05, 0.1) is 0 Å². The monoisotopic (exact) mass is 964 g/mol. The fourth-order valence-electron chi connectivity index (χ4n) is 0. The average molecular weight is 976 g/mol. The van der Waals surface area contributed by atoms with Crippen molar-refractivity contribution in [3.8, 4) is 0 Å². The Morgan fingerprint density at radius 1 is 0.175 bits per heavy atom. The van der Waals surface area contributed by atoms with Gasteiger partial charge in [-0.2, -0.15) is 27.7 Å². The summed E-state index contributed by atoms with van der Waals surface area (Å²) < 4.78 is 0. The largest absolute Gasteiger partial charge is 2.00 e. The van der Waals surface area contributed by atoms with Crippen LogP contribution in [0.15, 0.2) is 0 Å². The molecule has 0 heterocycles. The summed E-state index contributed by atoms with van der Waals surface area (Å²) in [5.74, 6) is 0. The van der Waals surface area contributed by atoms with Gasteiger partial charge in [-0.1, -0.05) is 0 Å². The van der Waals surface area contributed by atoms with Crippen molar-refractivity contribution >= 4 is 0 Å². The molecular formula is C32H68Zn8. The van der Waals surface area contributed by atoms with Crippen LogP contribution in [0.1, 0.15) is 105 Å². The SMILES string of the molecule is [CH2-]C.[CH2-]C.[CH2-]C.[CH2-]C.[CH2-]CC[CH2-].[CH2-]CC[CH2-].[CH2-]CC[CH2-].[CH2-]CC[CH2-].[CH2-]CC[CH2-].[CH2-]CC[CH2-].[Zn+2].[Zn+2].[Zn+2].[Zn+2].[Zn+2].[Zn+2].[Zn+2].[Zn+2]. The predicted octanol–water partition coefficient (Wildman–Crippen LogP) is 12.0. The van der Waals surface area contributed by atoms with Crippen LogP contribution in [-0.2, 0) is 156 Å². The van der Waals surface area contributed by atoms with Gasteiger partial charge >= 0.3 is 156 Å². The Bertz CT molecular complexity index is 71.9. The zero-order valence-corrected chi connectivity index (χ0v) is 53.2. The van der Waals surface area contributed by atoms with Crippen LogP contribution in [0.2, 0.25) is 0 Å². The molecule has 0 aromatic carbocycles. The van der Waals surface area contributed by atoms with Gasteiger partial charge in [-0.15, -0.1) is 0 Å². The van der Waals surface area contributed by atoms with E-state index >= 15 is 0 Å². The van der Waals surface area contributed by atoms with Crippen LogP contribution in [0.25, 0.3) is 0 Å². The van der Waals surface area contributed by atoms with Crippen LogP contribution < -0.4 is 0 Å². The van der Waals surface area contributed by atoms with Crippen molar-refractivity contribution in [1.82, 2.24) is 0 Å². The van der Waals surface area contributed by atoms with Gasteiger partial charge in [0.1, 0.15) is 0 Å².